The van der Waals surface area contributed by atoms with E-state index in [0.717, 1.165) is 61.4 Å². The van der Waals surface area contributed by atoms with Crippen molar-refractivity contribution in [3.8, 4) is 5.75 Å². The summed E-state index contributed by atoms with van der Waals surface area (Å²) in [6, 6.07) is 20.0. The van der Waals surface area contributed by atoms with Gasteiger partial charge in [-0.25, -0.2) is 9.97 Å². The molecule has 0 bridgehead atoms. The van der Waals surface area contributed by atoms with Gasteiger partial charge >= 0.3 is 0 Å². The van der Waals surface area contributed by atoms with E-state index in [1.807, 2.05) is 43.3 Å². The van der Waals surface area contributed by atoms with Gasteiger partial charge in [0.1, 0.15) is 0 Å². The highest BCUT2D eigenvalue weighted by molar-refractivity contribution is 7.99. The Bertz CT molecular complexity index is 1470. The molecule has 42 heavy (non-hydrogen) atoms. The molecule has 5 rings (SSSR count). The third kappa shape index (κ3) is 7.51. The fraction of sp³-hybridized carbons (Fsp3) is 0.333. The summed E-state index contributed by atoms with van der Waals surface area (Å²) in [5.74, 6) is 2.43. The lowest BCUT2D eigenvalue weighted by atomic mass is 10.2. The highest BCUT2D eigenvalue weighted by Crippen LogP contribution is 2.38. The minimum absolute atomic E-state index is 0.105. The van der Waals surface area contributed by atoms with Gasteiger partial charge in [-0.1, -0.05) is 18.2 Å². The van der Waals surface area contributed by atoms with Crippen molar-refractivity contribution in [3.63, 3.8) is 0 Å². The minimum Gasteiger partial charge on any atom is -0.490 e. The lowest BCUT2D eigenvalue weighted by Gasteiger charge is -2.36. The van der Waals surface area contributed by atoms with Crippen LogP contribution in [0.5, 0.6) is 5.75 Å². The fourth-order valence-corrected chi connectivity index (χ4v) is 5.51. The van der Waals surface area contributed by atoms with Gasteiger partial charge in [-0.3, -0.25) is 14.8 Å². The highest BCUT2D eigenvalue weighted by atomic mass is 32.2. The Morgan fingerprint density at radius 1 is 1.07 bits per heavy atom. The predicted octanol–water partition coefficient (Wildman–Crippen LogP) is 4.63. The van der Waals surface area contributed by atoms with Gasteiger partial charge in [0.15, 0.2) is 22.6 Å². The molecule has 1 fully saturated rings. The number of hydrogen-bond donors (Lipinski definition) is 3. The Balaban J connectivity index is 1.33. The number of aryl methyl sites for hydroxylation is 1. The number of ether oxygens (including phenoxy) is 1. The molecule has 2 aromatic heterocycles. The second-order valence-electron chi connectivity index (χ2n) is 10.2. The van der Waals surface area contributed by atoms with Crippen LogP contribution >= 0.6 is 11.8 Å². The maximum absolute atomic E-state index is 11.4. The molecular formula is C30H37N9O2S. The molecule has 0 radical (unpaired) electrons. The van der Waals surface area contributed by atoms with Crippen molar-refractivity contribution >= 4 is 46.5 Å². The molecule has 3 N–H and O–H groups in total. The zero-order valence-electron chi connectivity index (χ0n) is 24.4. The monoisotopic (exact) mass is 587 g/mol. The van der Waals surface area contributed by atoms with Crippen LogP contribution in [0.2, 0.25) is 0 Å². The fourth-order valence-electron chi connectivity index (χ4n) is 4.76. The number of nitrogens with one attached hydrogen (secondary N) is 3. The van der Waals surface area contributed by atoms with Crippen molar-refractivity contribution in [2.45, 2.75) is 23.9 Å². The van der Waals surface area contributed by atoms with Gasteiger partial charge in [-0.2, -0.15) is 5.10 Å². The van der Waals surface area contributed by atoms with Crippen LogP contribution in [0.4, 0.5) is 28.8 Å². The number of aromatic amines is 1. The Hall–Kier alpha value is -4.29. The Kier molecular flexibility index (Phi) is 9.45. The maximum atomic E-state index is 11.4. The Morgan fingerprint density at radius 2 is 1.81 bits per heavy atom. The first-order valence-electron chi connectivity index (χ1n) is 13.9. The van der Waals surface area contributed by atoms with E-state index in [1.54, 1.807) is 7.11 Å². The normalized spacial score (nSPS) is 13.6. The van der Waals surface area contributed by atoms with Crippen LogP contribution in [-0.4, -0.2) is 84.4 Å². The number of carbonyl (C=O) groups is 1. The van der Waals surface area contributed by atoms with Gasteiger partial charge in [0.25, 0.3) is 0 Å². The van der Waals surface area contributed by atoms with Gasteiger partial charge in [-0.15, -0.1) is 0 Å². The van der Waals surface area contributed by atoms with Crippen LogP contribution in [0.15, 0.2) is 70.7 Å². The Morgan fingerprint density at radius 3 is 2.45 bits per heavy atom. The topological polar surface area (TPSA) is 115 Å². The number of para-hydroxylation sites is 1. The molecule has 0 unspecified atom stereocenters. The maximum Gasteiger partial charge on any atom is 0.221 e. The summed E-state index contributed by atoms with van der Waals surface area (Å²) in [5.41, 5.74) is 2.91. The molecule has 3 heterocycles. The molecule has 1 aliphatic rings. The molecule has 4 aromatic rings. The molecule has 0 saturated carbocycles. The third-order valence-corrected chi connectivity index (χ3v) is 7.86. The Labute approximate surface area is 250 Å². The van der Waals surface area contributed by atoms with Crippen LogP contribution in [0.3, 0.4) is 0 Å². The molecule has 2 aromatic carbocycles. The first kappa shape index (κ1) is 29.2. The first-order valence-corrected chi connectivity index (χ1v) is 14.7. The van der Waals surface area contributed by atoms with Crippen LogP contribution in [0.1, 0.15) is 12.6 Å². The molecule has 0 atom stereocenters. The average Bonchev–Trinajstić information content (AvgIpc) is 3.41. The minimum atomic E-state index is -0.105. The van der Waals surface area contributed by atoms with E-state index in [0.29, 0.717) is 22.5 Å². The van der Waals surface area contributed by atoms with E-state index in [1.165, 1.54) is 24.4 Å². The van der Waals surface area contributed by atoms with E-state index in [4.69, 9.17) is 14.7 Å². The average molecular weight is 588 g/mol. The van der Waals surface area contributed by atoms with Crippen molar-refractivity contribution in [1.82, 2.24) is 25.1 Å². The predicted molar refractivity (Wildman–Crippen MR) is 168 cm³/mol. The summed E-state index contributed by atoms with van der Waals surface area (Å²) >= 11 is 1.45. The summed E-state index contributed by atoms with van der Waals surface area (Å²) in [6.07, 6.45) is 0. The number of hydrogen-bond acceptors (Lipinski definition) is 10. The van der Waals surface area contributed by atoms with Crippen molar-refractivity contribution in [2.75, 3.05) is 73.9 Å². The quantitative estimate of drug-likeness (QED) is 0.215. The highest BCUT2D eigenvalue weighted by Gasteiger charge is 2.25. The number of likely N-dealkylation sites (N-methyl/N-ethyl adjacent to an activating group) is 1. The molecule has 1 amide bonds. The van der Waals surface area contributed by atoms with Gasteiger partial charge in [0.05, 0.1) is 7.11 Å². The standard InChI is InChI=1S/C30H37N9O2S/c1-21-20-26(36-35-21)32-28-27(41-4)29(34-30(33-28)42-25-12-10-23(11-13-25)31-22(2)40)39-18-16-38(17-19-39)15-14-37(3)24-8-6-5-7-9-24/h5-13,20H,14-19H2,1-4H3,(H,31,40)(H2,32,33,34,35,36). The van der Waals surface area contributed by atoms with Crippen molar-refractivity contribution in [1.29, 1.82) is 0 Å². The molecule has 0 aliphatic carbocycles. The summed E-state index contributed by atoms with van der Waals surface area (Å²) in [6.45, 7) is 8.87. The number of piperazine rings is 1. The summed E-state index contributed by atoms with van der Waals surface area (Å²) in [5, 5.41) is 14.0. The molecular weight excluding hydrogens is 550 g/mol. The molecule has 1 aliphatic heterocycles. The zero-order chi connectivity index (χ0) is 29.5. The van der Waals surface area contributed by atoms with E-state index < -0.39 is 0 Å². The van der Waals surface area contributed by atoms with Crippen LogP contribution < -0.4 is 25.2 Å². The van der Waals surface area contributed by atoms with Gasteiger partial charge < -0.3 is 25.2 Å². The molecule has 1 saturated heterocycles. The number of carbonyl (C=O) groups excluding carboxylic acids is 1. The SMILES string of the molecule is COc1c(Nc2cc(C)[nH]n2)nc(Sc2ccc(NC(C)=O)cc2)nc1N1CCN(CCN(C)c2ccccc2)CC1. The van der Waals surface area contributed by atoms with Gasteiger partial charge in [0.2, 0.25) is 11.7 Å². The van der Waals surface area contributed by atoms with Crippen molar-refractivity contribution in [2.24, 2.45) is 0 Å². The number of aromatic nitrogens is 4. The van der Waals surface area contributed by atoms with Crippen molar-refractivity contribution in [3.05, 3.63) is 66.4 Å². The number of nitrogens with zero attached hydrogens (tertiary/aromatic N) is 6. The summed E-state index contributed by atoms with van der Waals surface area (Å²) < 4.78 is 5.88. The van der Waals surface area contributed by atoms with Crippen LogP contribution in [0.25, 0.3) is 0 Å². The zero-order valence-corrected chi connectivity index (χ0v) is 25.2. The number of anilines is 5. The van der Waals surface area contributed by atoms with E-state index >= 15 is 0 Å². The first-order chi connectivity index (χ1) is 20.4. The van der Waals surface area contributed by atoms with E-state index in [2.05, 4.69) is 66.8 Å². The summed E-state index contributed by atoms with van der Waals surface area (Å²) in [4.78, 5) is 29.2. The molecule has 12 heteroatoms. The van der Waals surface area contributed by atoms with E-state index in [9.17, 15) is 4.79 Å². The smallest absolute Gasteiger partial charge is 0.221 e. The van der Waals surface area contributed by atoms with Crippen molar-refractivity contribution < 1.29 is 9.53 Å². The number of rotatable bonds is 11. The molecule has 220 valence electrons. The van der Waals surface area contributed by atoms with Gasteiger partial charge in [-0.05, 0) is 55.1 Å². The molecule has 0 spiro atoms. The number of methoxy groups -OCH3 is 1. The lowest BCUT2D eigenvalue weighted by molar-refractivity contribution is -0.114. The number of H-pyrrole nitrogens is 1. The largest absolute Gasteiger partial charge is 0.490 e. The second-order valence-corrected chi connectivity index (χ2v) is 11.2. The van der Waals surface area contributed by atoms with Crippen LogP contribution in [0, 0.1) is 6.92 Å². The van der Waals surface area contributed by atoms with Gasteiger partial charge in [0, 0.05) is 81.3 Å². The van der Waals surface area contributed by atoms with Crippen LogP contribution in [-0.2, 0) is 4.79 Å². The second kappa shape index (κ2) is 13.6. The lowest BCUT2D eigenvalue weighted by Crippen LogP contribution is -2.48. The summed E-state index contributed by atoms with van der Waals surface area (Å²) in [7, 11) is 3.78. The number of benzene rings is 2. The van der Waals surface area contributed by atoms with E-state index in [-0.39, 0.29) is 5.91 Å². The molecule has 11 nitrogen and oxygen atoms in total. The third-order valence-electron chi connectivity index (χ3n) is 6.99. The number of amides is 1.